The van der Waals surface area contributed by atoms with Crippen molar-refractivity contribution in [2.75, 3.05) is 4.90 Å². The molecule has 0 radical (unpaired) electrons. The molecule has 318 valence electrons. The Balaban J connectivity index is 0.936. The molecule has 0 saturated carbocycles. The second kappa shape index (κ2) is 16.7. The van der Waals surface area contributed by atoms with Gasteiger partial charge in [-0.05, 0) is 136 Å². The van der Waals surface area contributed by atoms with Crippen molar-refractivity contribution in [2.24, 2.45) is 0 Å². The van der Waals surface area contributed by atoms with Gasteiger partial charge in [0.2, 0.25) is 0 Å². The lowest BCUT2D eigenvalue weighted by atomic mass is 9.84. The molecular formula is C66H43NS. The van der Waals surface area contributed by atoms with Crippen LogP contribution in [0.15, 0.2) is 261 Å². The van der Waals surface area contributed by atoms with E-state index in [0.717, 1.165) is 22.6 Å². The standard InChI is InChI=1S/C66H43NS/c1-3-16-48(17-4-1)65-61-26-10-9-24-57(61)58-39-35-51(42-62(58)66(65)49-18-5-2-6-19-49)50-21-13-22-53(41-50)67(54-38-40-60-59-25-11-12-28-63(59)68-64(60)43-54)52-36-33-45(34-37-52)44-29-31-47(32-30-44)56-27-14-20-46-15-7-8-23-55(46)56/h1-43H. The lowest BCUT2D eigenvalue weighted by Crippen LogP contribution is -2.10. The van der Waals surface area contributed by atoms with Crippen LogP contribution < -0.4 is 4.90 Å². The Labute approximate surface area is 400 Å². The van der Waals surface area contributed by atoms with Crippen LogP contribution in [-0.2, 0) is 0 Å². The molecule has 13 rings (SSSR count). The Morgan fingerprint density at radius 2 is 0.721 bits per heavy atom. The average Bonchev–Trinajstić information content (AvgIpc) is 3.79. The summed E-state index contributed by atoms with van der Waals surface area (Å²) in [4.78, 5) is 2.41. The molecule has 0 saturated heterocycles. The zero-order valence-electron chi connectivity index (χ0n) is 37.2. The number of anilines is 3. The van der Waals surface area contributed by atoms with Gasteiger partial charge in [-0.2, -0.15) is 0 Å². The first-order chi connectivity index (χ1) is 33.7. The smallest absolute Gasteiger partial charge is 0.0476 e. The minimum Gasteiger partial charge on any atom is -0.310 e. The lowest BCUT2D eigenvalue weighted by Gasteiger charge is -2.26. The number of benzene rings is 12. The number of hydrogen-bond donors (Lipinski definition) is 0. The summed E-state index contributed by atoms with van der Waals surface area (Å²) in [6.45, 7) is 0. The summed E-state index contributed by atoms with van der Waals surface area (Å²) in [5.41, 5.74) is 15.4. The number of hydrogen-bond acceptors (Lipinski definition) is 2. The summed E-state index contributed by atoms with van der Waals surface area (Å²) in [5.74, 6) is 0. The van der Waals surface area contributed by atoms with E-state index in [1.807, 2.05) is 11.3 Å². The highest BCUT2D eigenvalue weighted by molar-refractivity contribution is 7.25. The SMILES string of the molecule is c1ccc(-c2c(-c3ccccc3)c3cc(-c4cccc(N(c5ccc(-c6ccc(-c7cccc8ccccc78)cc6)cc5)c5ccc6c(c5)sc5ccccc56)c4)ccc3c3ccccc23)cc1. The van der Waals surface area contributed by atoms with E-state index in [-0.39, 0.29) is 0 Å². The molecule has 0 amide bonds. The van der Waals surface area contributed by atoms with Gasteiger partial charge in [0.05, 0.1) is 0 Å². The van der Waals surface area contributed by atoms with Crippen LogP contribution in [0, 0.1) is 0 Å². The van der Waals surface area contributed by atoms with Crippen LogP contribution in [0.4, 0.5) is 17.1 Å². The molecule has 1 nitrogen and oxygen atoms in total. The van der Waals surface area contributed by atoms with Gasteiger partial charge in [-0.3, -0.25) is 0 Å². The zero-order valence-corrected chi connectivity index (χ0v) is 38.0. The molecule has 0 unspecified atom stereocenters. The lowest BCUT2D eigenvalue weighted by molar-refractivity contribution is 1.29. The quantitative estimate of drug-likeness (QED) is 0.137. The monoisotopic (exact) mass is 881 g/mol. The maximum atomic E-state index is 2.42. The molecule has 1 heterocycles. The van der Waals surface area contributed by atoms with E-state index in [4.69, 9.17) is 0 Å². The molecule has 0 bridgehead atoms. The van der Waals surface area contributed by atoms with Gasteiger partial charge in [-0.15, -0.1) is 11.3 Å². The van der Waals surface area contributed by atoms with Crippen LogP contribution in [0.25, 0.3) is 108 Å². The second-order valence-electron chi connectivity index (χ2n) is 17.6. The normalized spacial score (nSPS) is 11.5. The Kier molecular flexibility index (Phi) is 9.77. The summed E-state index contributed by atoms with van der Waals surface area (Å²) in [6, 6.07) is 95.7. The largest absolute Gasteiger partial charge is 0.310 e. The van der Waals surface area contributed by atoms with Crippen molar-refractivity contribution in [3.8, 4) is 55.6 Å². The summed E-state index contributed by atoms with van der Waals surface area (Å²) in [7, 11) is 0. The van der Waals surface area contributed by atoms with Crippen LogP contribution in [0.2, 0.25) is 0 Å². The summed E-state index contributed by atoms with van der Waals surface area (Å²) < 4.78 is 2.58. The number of fused-ring (bicyclic) bond motifs is 7. The molecule has 0 aliphatic carbocycles. The highest BCUT2D eigenvalue weighted by Gasteiger charge is 2.20. The van der Waals surface area contributed by atoms with Gasteiger partial charge in [0, 0.05) is 37.2 Å². The third-order valence-electron chi connectivity index (χ3n) is 13.7. The van der Waals surface area contributed by atoms with Gasteiger partial charge >= 0.3 is 0 Å². The Morgan fingerprint density at radius 3 is 1.49 bits per heavy atom. The molecule has 0 aliphatic rings. The fourth-order valence-corrected chi connectivity index (χ4v) is 11.6. The summed E-state index contributed by atoms with van der Waals surface area (Å²) in [6.07, 6.45) is 0. The van der Waals surface area contributed by atoms with Crippen LogP contribution in [0.3, 0.4) is 0 Å². The summed E-state index contributed by atoms with van der Waals surface area (Å²) >= 11 is 1.86. The van der Waals surface area contributed by atoms with E-state index < -0.39 is 0 Å². The Morgan fingerprint density at radius 1 is 0.235 bits per heavy atom. The van der Waals surface area contributed by atoms with Crippen molar-refractivity contribution in [1.82, 2.24) is 0 Å². The van der Waals surface area contributed by atoms with Crippen LogP contribution in [0.1, 0.15) is 0 Å². The first-order valence-corrected chi connectivity index (χ1v) is 24.1. The first kappa shape index (κ1) is 39.8. The van der Waals surface area contributed by atoms with E-state index in [2.05, 4.69) is 266 Å². The van der Waals surface area contributed by atoms with Gasteiger partial charge in [-0.1, -0.05) is 212 Å². The Hall–Kier alpha value is -8.56. The van der Waals surface area contributed by atoms with Crippen molar-refractivity contribution < 1.29 is 0 Å². The minimum atomic E-state index is 1.10. The Bertz CT molecular complexity index is 3990. The zero-order chi connectivity index (χ0) is 45.0. The van der Waals surface area contributed by atoms with Crippen molar-refractivity contribution in [3.05, 3.63) is 261 Å². The molecule has 68 heavy (non-hydrogen) atoms. The van der Waals surface area contributed by atoms with Crippen LogP contribution in [-0.4, -0.2) is 0 Å². The third kappa shape index (κ3) is 6.93. The number of rotatable bonds is 8. The topological polar surface area (TPSA) is 3.24 Å². The van der Waals surface area contributed by atoms with Crippen molar-refractivity contribution in [2.45, 2.75) is 0 Å². The summed E-state index contributed by atoms with van der Waals surface area (Å²) in [5, 5.41) is 10.1. The van der Waals surface area contributed by atoms with Crippen molar-refractivity contribution in [1.29, 1.82) is 0 Å². The van der Waals surface area contributed by atoms with Gasteiger partial charge in [0.1, 0.15) is 0 Å². The van der Waals surface area contributed by atoms with Gasteiger partial charge in [0.15, 0.2) is 0 Å². The highest BCUT2D eigenvalue weighted by atomic mass is 32.1. The molecule has 12 aromatic carbocycles. The predicted octanol–water partition coefficient (Wildman–Crippen LogP) is 19.3. The minimum absolute atomic E-state index is 1.10. The molecular weight excluding hydrogens is 839 g/mol. The predicted molar refractivity (Wildman–Crippen MR) is 294 cm³/mol. The molecule has 0 N–H and O–H groups in total. The molecule has 2 heteroatoms. The number of nitrogens with zero attached hydrogens (tertiary/aromatic N) is 1. The van der Waals surface area contributed by atoms with E-state index in [0.29, 0.717) is 0 Å². The van der Waals surface area contributed by atoms with E-state index in [1.165, 1.54) is 103 Å². The van der Waals surface area contributed by atoms with E-state index >= 15 is 0 Å². The van der Waals surface area contributed by atoms with Gasteiger partial charge in [0.25, 0.3) is 0 Å². The maximum absolute atomic E-state index is 2.42. The molecule has 13 aromatic rings. The van der Waals surface area contributed by atoms with Crippen LogP contribution >= 0.6 is 11.3 Å². The average molecular weight is 882 g/mol. The highest BCUT2D eigenvalue weighted by Crippen LogP contribution is 2.47. The fourth-order valence-electron chi connectivity index (χ4n) is 10.4. The van der Waals surface area contributed by atoms with Crippen molar-refractivity contribution >= 4 is 80.9 Å². The van der Waals surface area contributed by atoms with E-state index in [1.54, 1.807) is 0 Å². The van der Waals surface area contributed by atoms with Crippen molar-refractivity contribution in [3.63, 3.8) is 0 Å². The molecule has 0 aliphatic heterocycles. The first-order valence-electron chi connectivity index (χ1n) is 23.3. The van der Waals surface area contributed by atoms with Crippen LogP contribution in [0.5, 0.6) is 0 Å². The maximum Gasteiger partial charge on any atom is 0.0476 e. The molecule has 0 spiro atoms. The molecule has 0 fully saturated rings. The molecule has 0 atom stereocenters. The number of thiophene rings is 1. The third-order valence-corrected chi connectivity index (χ3v) is 14.8. The van der Waals surface area contributed by atoms with E-state index in [9.17, 15) is 0 Å². The fraction of sp³-hybridized carbons (Fsp3) is 0. The van der Waals surface area contributed by atoms with Gasteiger partial charge in [-0.25, -0.2) is 0 Å². The second-order valence-corrected chi connectivity index (χ2v) is 18.7. The molecule has 1 aromatic heterocycles. The van der Waals surface area contributed by atoms with Gasteiger partial charge < -0.3 is 4.90 Å².